The Morgan fingerprint density at radius 1 is 1.25 bits per heavy atom. The molecule has 0 aliphatic heterocycles. The van der Waals surface area contributed by atoms with E-state index >= 15 is 0 Å². The Kier molecular flexibility index (Phi) is 5.01. The Morgan fingerprint density at radius 2 is 1.80 bits per heavy atom. The second-order valence-electron chi connectivity index (χ2n) is 3.76. The summed E-state index contributed by atoms with van der Waals surface area (Å²) in [6, 6.07) is 3.87. The molecule has 0 saturated carbocycles. The van der Waals surface area contributed by atoms with Crippen LogP contribution in [0.1, 0.15) is 11.5 Å². The predicted octanol–water partition coefficient (Wildman–Crippen LogP) is 1.07. The van der Waals surface area contributed by atoms with E-state index in [2.05, 4.69) is 14.8 Å². The van der Waals surface area contributed by atoms with Gasteiger partial charge in [0.2, 0.25) is 0 Å². The van der Waals surface area contributed by atoms with Crippen LogP contribution in [0.25, 0.3) is 0 Å². The number of anilines is 1. The number of carbonyl (C=O) groups is 2. The number of methoxy groups -OCH3 is 2. The van der Waals surface area contributed by atoms with E-state index in [0.29, 0.717) is 0 Å². The molecule has 0 saturated heterocycles. The van der Waals surface area contributed by atoms with Crippen LogP contribution in [0.15, 0.2) is 18.2 Å². The maximum absolute atomic E-state index is 11.7. The van der Waals surface area contributed by atoms with Gasteiger partial charge in [0.05, 0.1) is 19.1 Å². The number of ether oxygens (including phenoxy) is 2. The molecule has 1 rings (SSSR count). The molecule has 1 aromatic rings. The summed E-state index contributed by atoms with van der Waals surface area (Å²) in [6.07, 6.45) is 0. The molecule has 0 radical (unpaired) electrons. The van der Waals surface area contributed by atoms with Crippen LogP contribution < -0.4 is 5.32 Å². The highest BCUT2D eigenvalue weighted by Crippen LogP contribution is 2.29. The summed E-state index contributed by atoms with van der Waals surface area (Å²) in [5.41, 5.74) is 0.272. The lowest BCUT2D eigenvalue weighted by Crippen LogP contribution is -2.24. The third-order valence-electron chi connectivity index (χ3n) is 2.69. The maximum atomic E-state index is 11.7. The van der Waals surface area contributed by atoms with Crippen LogP contribution in [0.4, 0.5) is 11.4 Å². The van der Waals surface area contributed by atoms with E-state index in [1.807, 2.05) is 0 Å². The molecule has 0 amide bonds. The van der Waals surface area contributed by atoms with Gasteiger partial charge in [0.15, 0.2) is 5.92 Å². The van der Waals surface area contributed by atoms with Crippen LogP contribution in [-0.2, 0) is 19.1 Å². The van der Waals surface area contributed by atoms with Crippen LogP contribution in [0.5, 0.6) is 0 Å². The number of hydrogen-bond donors (Lipinski definition) is 1. The molecule has 0 fully saturated rings. The fourth-order valence-corrected chi connectivity index (χ4v) is 1.70. The first kappa shape index (κ1) is 15.4. The first-order valence-electron chi connectivity index (χ1n) is 5.58. The van der Waals surface area contributed by atoms with Crippen molar-refractivity contribution >= 4 is 23.3 Å². The smallest absolute Gasteiger partial charge is 0.324 e. The first-order chi connectivity index (χ1) is 9.46. The summed E-state index contributed by atoms with van der Waals surface area (Å²) >= 11 is 0. The summed E-state index contributed by atoms with van der Waals surface area (Å²) in [5, 5.41) is 13.5. The average molecular weight is 282 g/mol. The van der Waals surface area contributed by atoms with Crippen LogP contribution in [-0.4, -0.2) is 38.1 Å². The molecule has 0 bridgehead atoms. The van der Waals surface area contributed by atoms with Crippen molar-refractivity contribution in [1.82, 2.24) is 0 Å². The van der Waals surface area contributed by atoms with Gasteiger partial charge in [-0.15, -0.1) is 0 Å². The highest BCUT2D eigenvalue weighted by molar-refractivity contribution is 6.01. The number of carbonyl (C=O) groups excluding carboxylic acids is 2. The van der Waals surface area contributed by atoms with E-state index in [9.17, 15) is 19.7 Å². The van der Waals surface area contributed by atoms with Crippen molar-refractivity contribution < 1.29 is 24.0 Å². The van der Waals surface area contributed by atoms with Gasteiger partial charge < -0.3 is 14.8 Å². The van der Waals surface area contributed by atoms with Crippen molar-refractivity contribution in [1.29, 1.82) is 0 Å². The van der Waals surface area contributed by atoms with E-state index in [-0.39, 0.29) is 16.9 Å². The molecule has 1 N–H and O–H groups in total. The van der Waals surface area contributed by atoms with E-state index < -0.39 is 22.8 Å². The Morgan fingerprint density at radius 3 is 2.20 bits per heavy atom. The fourth-order valence-electron chi connectivity index (χ4n) is 1.70. The molecule has 0 spiro atoms. The predicted molar refractivity (Wildman–Crippen MR) is 69.4 cm³/mol. The zero-order chi connectivity index (χ0) is 15.3. The summed E-state index contributed by atoms with van der Waals surface area (Å²) < 4.78 is 9.09. The topological polar surface area (TPSA) is 108 Å². The molecule has 1 aromatic carbocycles. The van der Waals surface area contributed by atoms with E-state index in [1.54, 1.807) is 0 Å². The summed E-state index contributed by atoms with van der Waals surface area (Å²) in [7, 11) is 3.78. The molecule has 0 atom stereocenters. The molecule has 0 aliphatic rings. The molecular formula is C12H14N2O6. The van der Waals surface area contributed by atoms with Gasteiger partial charge in [0.1, 0.15) is 5.69 Å². The van der Waals surface area contributed by atoms with E-state index in [0.717, 1.165) is 14.2 Å². The van der Waals surface area contributed by atoms with Crippen molar-refractivity contribution in [2.45, 2.75) is 5.92 Å². The lowest BCUT2D eigenvalue weighted by molar-refractivity contribution is -0.384. The normalized spacial score (nSPS) is 10.0. The van der Waals surface area contributed by atoms with E-state index in [4.69, 9.17) is 0 Å². The van der Waals surface area contributed by atoms with Crippen molar-refractivity contribution in [3.05, 3.63) is 33.9 Å². The third-order valence-corrected chi connectivity index (χ3v) is 2.69. The van der Waals surface area contributed by atoms with Crippen molar-refractivity contribution in [3.63, 3.8) is 0 Å². The summed E-state index contributed by atoms with van der Waals surface area (Å²) in [5.74, 6) is -2.88. The summed E-state index contributed by atoms with van der Waals surface area (Å²) in [4.78, 5) is 33.6. The molecule has 0 aliphatic carbocycles. The van der Waals surface area contributed by atoms with Crippen molar-refractivity contribution in [2.24, 2.45) is 0 Å². The number of esters is 2. The van der Waals surface area contributed by atoms with Crippen LogP contribution >= 0.6 is 0 Å². The minimum absolute atomic E-state index is 0.162. The SMILES string of the molecule is CNc1cc(C(C(=O)OC)C(=O)OC)ccc1[N+](=O)[O-]. The highest BCUT2D eigenvalue weighted by atomic mass is 16.6. The lowest BCUT2D eigenvalue weighted by atomic mass is 9.98. The third kappa shape index (κ3) is 3.02. The Hall–Kier alpha value is -2.64. The fraction of sp³-hybridized carbons (Fsp3) is 0.333. The van der Waals surface area contributed by atoms with Crippen LogP contribution in [0.3, 0.4) is 0 Å². The van der Waals surface area contributed by atoms with Crippen LogP contribution in [0, 0.1) is 10.1 Å². The lowest BCUT2D eigenvalue weighted by Gasteiger charge is -2.13. The highest BCUT2D eigenvalue weighted by Gasteiger charge is 2.31. The number of nitro benzene ring substituents is 1. The number of nitrogens with one attached hydrogen (secondary N) is 1. The molecule has 108 valence electrons. The minimum Gasteiger partial charge on any atom is -0.468 e. The van der Waals surface area contributed by atoms with Gasteiger partial charge in [0.25, 0.3) is 5.69 Å². The van der Waals surface area contributed by atoms with Gasteiger partial charge in [-0.2, -0.15) is 0 Å². The van der Waals surface area contributed by atoms with Crippen molar-refractivity contribution in [2.75, 3.05) is 26.6 Å². The number of hydrogen-bond acceptors (Lipinski definition) is 7. The Bertz CT molecular complexity index is 527. The molecule has 0 unspecified atom stereocenters. The van der Waals surface area contributed by atoms with Gasteiger partial charge >= 0.3 is 11.9 Å². The molecule has 0 aromatic heterocycles. The largest absolute Gasteiger partial charge is 0.468 e. The van der Waals surface area contributed by atoms with Crippen molar-refractivity contribution in [3.8, 4) is 0 Å². The van der Waals surface area contributed by atoms with Gasteiger partial charge in [0, 0.05) is 13.1 Å². The Labute approximate surface area is 114 Å². The van der Waals surface area contributed by atoms with Gasteiger partial charge in [-0.1, -0.05) is 6.07 Å². The number of nitro groups is 1. The quantitative estimate of drug-likeness (QED) is 0.372. The van der Waals surface area contributed by atoms with Crippen LogP contribution in [0.2, 0.25) is 0 Å². The minimum atomic E-state index is -1.28. The average Bonchev–Trinajstić information content (AvgIpc) is 2.46. The van der Waals surface area contributed by atoms with Gasteiger partial charge in [-0.25, -0.2) is 0 Å². The zero-order valence-corrected chi connectivity index (χ0v) is 11.2. The second-order valence-corrected chi connectivity index (χ2v) is 3.76. The molecular weight excluding hydrogens is 268 g/mol. The molecule has 8 nitrogen and oxygen atoms in total. The maximum Gasteiger partial charge on any atom is 0.324 e. The first-order valence-corrected chi connectivity index (χ1v) is 5.58. The van der Waals surface area contributed by atoms with E-state index in [1.165, 1.54) is 25.2 Å². The molecule has 20 heavy (non-hydrogen) atoms. The van der Waals surface area contributed by atoms with Gasteiger partial charge in [-0.05, 0) is 11.6 Å². The number of nitrogens with zero attached hydrogens (tertiary/aromatic N) is 1. The Balaban J connectivity index is 3.31. The zero-order valence-electron chi connectivity index (χ0n) is 11.2. The molecule has 8 heteroatoms. The molecule has 0 heterocycles. The number of benzene rings is 1. The number of rotatable bonds is 5. The second kappa shape index (κ2) is 6.50. The summed E-state index contributed by atoms with van der Waals surface area (Å²) in [6.45, 7) is 0. The van der Waals surface area contributed by atoms with Gasteiger partial charge in [-0.3, -0.25) is 19.7 Å². The standard InChI is InChI=1S/C12H14N2O6/c1-13-8-6-7(4-5-9(8)14(17)18)10(11(15)19-2)12(16)20-3/h4-6,10,13H,1-3H3. The monoisotopic (exact) mass is 282 g/mol.